The summed E-state index contributed by atoms with van der Waals surface area (Å²) >= 11 is 1.07. The molecule has 0 aliphatic rings. The van der Waals surface area contributed by atoms with Crippen molar-refractivity contribution in [2.24, 2.45) is 0 Å². The van der Waals surface area contributed by atoms with Gasteiger partial charge < -0.3 is 19.4 Å². The van der Waals surface area contributed by atoms with Gasteiger partial charge in [0.2, 0.25) is 16.9 Å². The number of carbonyl (C=O) groups excluding carboxylic acids is 1. The molecule has 0 saturated carbocycles. The van der Waals surface area contributed by atoms with Gasteiger partial charge in [0.1, 0.15) is 28.5 Å². The lowest BCUT2D eigenvalue weighted by molar-refractivity contribution is 0.0982. The summed E-state index contributed by atoms with van der Waals surface area (Å²) in [5.74, 6) is 0.557. The van der Waals surface area contributed by atoms with Crippen LogP contribution in [-0.4, -0.2) is 55.1 Å². The number of rotatable bonds is 11. The van der Waals surface area contributed by atoms with Crippen LogP contribution in [0.1, 0.15) is 22.3 Å². The second-order valence-electron chi connectivity index (χ2n) is 8.04. The van der Waals surface area contributed by atoms with Crippen LogP contribution in [0.2, 0.25) is 0 Å². The first-order valence-corrected chi connectivity index (χ1v) is 14.0. The predicted molar refractivity (Wildman–Crippen MR) is 141 cm³/mol. The molecule has 196 valence electrons. The maximum atomic E-state index is 12.9. The zero-order valence-electron chi connectivity index (χ0n) is 20.4. The molecule has 37 heavy (non-hydrogen) atoms. The fraction of sp³-hybridized carbons (Fsp3) is 0.292. The van der Waals surface area contributed by atoms with Crippen LogP contribution in [0.4, 0.5) is 10.2 Å². The summed E-state index contributed by atoms with van der Waals surface area (Å²) in [6.07, 6.45) is 2.31. The molecular formula is C24H26FN5O5S2. The van der Waals surface area contributed by atoms with Gasteiger partial charge >= 0.3 is 0 Å². The third-order valence-electron chi connectivity index (χ3n) is 5.34. The van der Waals surface area contributed by atoms with E-state index in [9.17, 15) is 17.6 Å². The van der Waals surface area contributed by atoms with Gasteiger partial charge in [0, 0.05) is 36.3 Å². The summed E-state index contributed by atoms with van der Waals surface area (Å²) in [7, 11) is -3.73. The number of halogens is 1. The number of aryl methyl sites for hydroxylation is 1. The number of ether oxygens (including phenoxy) is 2. The smallest absolute Gasteiger partial charge is 0.278 e. The molecule has 13 heteroatoms. The van der Waals surface area contributed by atoms with Crippen molar-refractivity contribution < 1.29 is 27.1 Å². The number of sulfonamides is 1. The van der Waals surface area contributed by atoms with Gasteiger partial charge in [0.25, 0.3) is 5.91 Å². The van der Waals surface area contributed by atoms with E-state index in [1.807, 2.05) is 29.8 Å². The van der Waals surface area contributed by atoms with Crippen LogP contribution in [0.25, 0.3) is 21.5 Å². The average molecular weight is 548 g/mol. The van der Waals surface area contributed by atoms with E-state index in [1.165, 1.54) is 6.33 Å². The van der Waals surface area contributed by atoms with Crippen LogP contribution in [0, 0.1) is 6.92 Å². The molecule has 3 heterocycles. The Morgan fingerprint density at radius 2 is 1.97 bits per heavy atom. The summed E-state index contributed by atoms with van der Waals surface area (Å²) in [5.41, 5.74) is 2.38. The standard InChI is InChI=1S/C24H26FN5O5S2/c1-4-34-19-12-20(36-23(19)24(31)29-37(3,32)33)17-11-21(28-14-27-17)26-8-9-30-15(2)10-16-6-5-7-18(22(16)30)35-13-25/h5-7,10-12,14H,4,8-9,13H2,1-3H3,(H,29,31)(H,26,27,28). The monoisotopic (exact) mass is 547 g/mol. The van der Waals surface area contributed by atoms with Crippen LogP contribution in [-0.2, 0) is 16.6 Å². The molecule has 0 atom stereocenters. The molecule has 10 nitrogen and oxygen atoms in total. The SMILES string of the molecule is CCOc1cc(-c2cc(NCCn3c(C)cc4cccc(OCF)c43)ncn2)sc1C(=O)NS(C)(=O)=O. The average Bonchev–Trinajstić information content (AvgIpc) is 3.40. The number of nitrogens with zero attached hydrogens (tertiary/aromatic N) is 3. The first-order valence-electron chi connectivity index (χ1n) is 11.3. The van der Waals surface area contributed by atoms with Gasteiger partial charge in [-0.3, -0.25) is 4.79 Å². The van der Waals surface area contributed by atoms with E-state index in [0.717, 1.165) is 34.2 Å². The van der Waals surface area contributed by atoms with Gasteiger partial charge in [0.15, 0.2) is 0 Å². The Kier molecular flexibility index (Phi) is 7.93. The molecule has 0 unspecified atom stereocenters. The van der Waals surface area contributed by atoms with Gasteiger partial charge in [-0.1, -0.05) is 12.1 Å². The molecule has 3 aromatic heterocycles. The molecule has 4 aromatic rings. The Balaban J connectivity index is 1.52. The normalized spacial score (nSPS) is 11.5. The molecular weight excluding hydrogens is 521 g/mol. The summed E-state index contributed by atoms with van der Waals surface area (Å²) in [4.78, 5) is 21.8. The van der Waals surface area contributed by atoms with Crippen LogP contribution >= 0.6 is 11.3 Å². The van der Waals surface area contributed by atoms with Crippen LogP contribution in [0.3, 0.4) is 0 Å². The van der Waals surface area contributed by atoms with Crippen molar-refractivity contribution in [1.82, 2.24) is 19.3 Å². The Morgan fingerprint density at radius 1 is 1.16 bits per heavy atom. The number of anilines is 1. The van der Waals surface area contributed by atoms with Gasteiger partial charge in [-0.2, -0.15) is 0 Å². The quantitative estimate of drug-likeness (QED) is 0.289. The highest BCUT2D eigenvalue weighted by atomic mass is 32.2. The fourth-order valence-electron chi connectivity index (χ4n) is 3.91. The highest BCUT2D eigenvalue weighted by Crippen LogP contribution is 2.36. The van der Waals surface area contributed by atoms with Crippen molar-refractivity contribution >= 4 is 44.0 Å². The Labute approximate surface area is 217 Å². The molecule has 0 aliphatic heterocycles. The molecule has 0 aliphatic carbocycles. The van der Waals surface area contributed by atoms with E-state index < -0.39 is 22.8 Å². The maximum absolute atomic E-state index is 12.9. The van der Waals surface area contributed by atoms with E-state index in [2.05, 4.69) is 19.9 Å². The van der Waals surface area contributed by atoms with Gasteiger partial charge in [-0.25, -0.2) is 27.5 Å². The number of nitrogens with one attached hydrogen (secondary N) is 2. The first kappa shape index (κ1) is 26.4. The summed E-state index contributed by atoms with van der Waals surface area (Å²) < 4.78 is 50.6. The minimum absolute atomic E-state index is 0.136. The molecule has 0 saturated heterocycles. The van der Waals surface area contributed by atoms with E-state index in [0.29, 0.717) is 41.8 Å². The minimum Gasteiger partial charge on any atom is -0.492 e. The molecule has 1 amide bonds. The van der Waals surface area contributed by atoms with E-state index in [4.69, 9.17) is 9.47 Å². The molecule has 0 radical (unpaired) electrons. The number of hydrogen-bond acceptors (Lipinski definition) is 9. The lowest BCUT2D eigenvalue weighted by atomic mass is 10.2. The lowest BCUT2D eigenvalue weighted by Crippen LogP contribution is -2.28. The first-order chi connectivity index (χ1) is 17.7. The highest BCUT2D eigenvalue weighted by Gasteiger charge is 2.21. The number of thiophene rings is 1. The topological polar surface area (TPSA) is 124 Å². The zero-order chi connectivity index (χ0) is 26.6. The minimum atomic E-state index is -3.73. The van der Waals surface area contributed by atoms with Gasteiger partial charge in [0.05, 0.1) is 29.0 Å². The molecule has 0 fully saturated rings. The summed E-state index contributed by atoms with van der Waals surface area (Å²) in [6.45, 7) is 4.23. The second kappa shape index (κ2) is 11.1. The van der Waals surface area contributed by atoms with Crippen molar-refractivity contribution in [3.8, 4) is 22.1 Å². The van der Waals surface area contributed by atoms with Crippen molar-refractivity contribution in [3.05, 3.63) is 53.3 Å². The Hall–Kier alpha value is -3.71. The van der Waals surface area contributed by atoms with Crippen molar-refractivity contribution in [2.75, 3.05) is 31.6 Å². The summed E-state index contributed by atoms with van der Waals surface area (Å²) in [5, 5.41) is 4.23. The van der Waals surface area contributed by atoms with Crippen LogP contribution < -0.4 is 19.5 Å². The number of fused-ring (bicyclic) bond motifs is 1. The molecule has 2 N–H and O–H groups in total. The van der Waals surface area contributed by atoms with Crippen molar-refractivity contribution in [3.63, 3.8) is 0 Å². The van der Waals surface area contributed by atoms with Crippen LogP contribution in [0.15, 0.2) is 42.7 Å². The fourth-order valence-corrected chi connectivity index (χ4v) is 5.38. The molecule has 1 aromatic carbocycles. The number of para-hydroxylation sites is 1. The lowest BCUT2D eigenvalue weighted by Gasteiger charge is -2.12. The van der Waals surface area contributed by atoms with Crippen molar-refractivity contribution in [1.29, 1.82) is 0 Å². The number of hydrogen-bond donors (Lipinski definition) is 2. The third kappa shape index (κ3) is 6.17. The van der Waals surface area contributed by atoms with Gasteiger partial charge in [-0.15, -0.1) is 11.3 Å². The number of benzene rings is 1. The number of amides is 1. The molecule has 0 spiro atoms. The van der Waals surface area contributed by atoms with E-state index in [1.54, 1.807) is 25.1 Å². The largest absolute Gasteiger partial charge is 0.492 e. The second-order valence-corrected chi connectivity index (χ2v) is 10.8. The zero-order valence-corrected chi connectivity index (χ0v) is 22.1. The van der Waals surface area contributed by atoms with E-state index in [-0.39, 0.29) is 10.6 Å². The van der Waals surface area contributed by atoms with Gasteiger partial charge in [-0.05, 0) is 26.0 Å². The Morgan fingerprint density at radius 3 is 2.70 bits per heavy atom. The van der Waals surface area contributed by atoms with E-state index >= 15 is 0 Å². The Bertz CT molecular complexity index is 1530. The van der Waals surface area contributed by atoms with Crippen molar-refractivity contribution in [2.45, 2.75) is 20.4 Å². The number of alkyl halides is 1. The predicted octanol–water partition coefficient (Wildman–Crippen LogP) is 3.97. The highest BCUT2D eigenvalue weighted by molar-refractivity contribution is 7.89. The number of aromatic nitrogens is 3. The number of carbonyl (C=O) groups is 1. The third-order valence-corrected chi connectivity index (χ3v) is 7.04. The van der Waals surface area contributed by atoms with Crippen LogP contribution in [0.5, 0.6) is 11.5 Å². The summed E-state index contributed by atoms with van der Waals surface area (Å²) in [6, 6.07) is 10.9. The molecule has 4 rings (SSSR count). The molecule has 0 bridgehead atoms. The maximum Gasteiger partial charge on any atom is 0.278 e.